The molecule has 0 spiro atoms. The summed E-state index contributed by atoms with van der Waals surface area (Å²) in [7, 11) is 0. The van der Waals surface area contributed by atoms with Crippen molar-refractivity contribution in [3.63, 3.8) is 0 Å². The van der Waals surface area contributed by atoms with Crippen LogP contribution in [0, 0.1) is 11.3 Å². The van der Waals surface area contributed by atoms with Crippen LogP contribution in [0.25, 0.3) is 0 Å². The van der Waals surface area contributed by atoms with Crippen molar-refractivity contribution in [1.82, 2.24) is 0 Å². The maximum atomic E-state index is 12.3. The first-order chi connectivity index (χ1) is 7.92. The topological polar surface area (TPSA) is 54.4 Å². The molecule has 0 heterocycles. The van der Waals surface area contributed by atoms with E-state index in [1.165, 1.54) is 6.08 Å². The lowest BCUT2D eigenvalue weighted by Gasteiger charge is -2.31. The van der Waals surface area contributed by atoms with Crippen LogP contribution in [0.5, 0.6) is 0 Å². The van der Waals surface area contributed by atoms with Crippen molar-refractivity contribution in [2.24, 2.45) is 11.3 Å². The summed E-state index contributed by atoms with van der Waals surface area (Å²) in [6, 6.07) is 0. The molecule has 0 aromatic carbocycles. The molecule has 0 unspecified atom stereocenters. The summed E-state index contributed by atoms with van der Waals surface area (Å²) in [6.07, 6.45) is 3.65. The molecule has 1 N–H and O–H groups in total. The van der Waals surface area contributed by atoms with Gasteiger partial charge in [-0.15, -0.1) is 0 Å². The van der Waals surface area contributed by atoms with E-state index in [0.29, 0.717) is 17.6 Å². The van der Waals surface area contributed by atoms with Crippen molar-refractivity contribution >= 4 is 11.6 Å². The summed E-state index contributed by atoms with van der Waals surface area (Å²) in [6.45, 7) is 7.39. The van der Waals surface area contributed by atoms with Crippen LogP contribution in [0.1, 0.15) is 40.5 Å². The zero-order valence-electron chi connectivity index (χ0n) is 10.9. The molecule has 2 atom stereocenters. The van der Waals surface area contributed by atoms with E-state index in [1.807, 2.05) is 20.8 Å². The Labute approximate surface area is 102 Å². The second kappa shape index (κ2) is 4.86. The quantitative estimate of drug-likeness (QED) is 0.465. The molecule has 0 amide bonds. The van der Waals surface area contributed by atoms with Crippen molar-refractivity contribution in [3.05, 3.63) is 23.5 Å². The Hall–Kier alpha value is -1.38. The third-order valence-corrected chi connectivity index (χ3v) is 3.87. The average Bonchev–Trinajstić information content (AvgIpc) is 2.34. The molecule has 0 radical (unpaired) electrons. The van der Waals surface area contributed by atoms with Crippen LogP contribution in [0.3, 0.4) is 0 Å². The summed E-state index contributed by atoms with van der Waals surface area (Å²) in [5.41, 5.74) is -0.0508. The minimum Gasteiger partial charge on any atom is -0.515 e. The van der Waals surface area contributed by atoms with Crippen LogP contribution in [-0.2, 0) is 9.59 Å². The largest absolute Gasteiger partial charge is 0.515 e. The molecule has 94 valence electrons. The van der Waals surface area contributed by atoms with Crippen LogP contribution in [0.15, 0.2) is 23.5 Å². The molecule has 0 fully saturated rings. The lowest BCUT2D eigenvalue weighted by molar-refractivity contribution is -0.135. The molecule has 1 rings (SSSR count). The fraction of sp³-hybridized carbons (Fsp3) is 0.571. The smallest absolute Gasteiger partial charge is 0.179 e. The van der Waals surface area contributed by atoms with Gasteiger partial charge in [0.1, 0.15) is 0 Å². The zero-order chi connectivity index (χ0) is 13.2. The fourth-order valence-corrected chi connectivity index (χ4v) is 2.01. The van der Waals surface area contributed by atoms with Gasteiger partial charge in [0.15, 0.2) is 11.6 Å². The van der Waals surface area contributed by atoms with E-state index in [-0.39, 0.29) is 17.5 Å². The third kappa shape index (κ3) is 2.06. The molecule has 1 aliphatic rings. The van der Waals surface area contributed by atoms with Crippen LogP contribution in [-0.4, -0.2) is 16.7 Å². The number of hydrogen-bond donors (Lipinski definition) is 1. The first kappa shape index (κ1) is 13.7. The number of hydrogen-bond acceptors (Lipinski definition) is 3. The van der Waals surface area contributed by atoms with Gasteiger partial charge in [-0.1, -0.05) is 20.8 Å². The van der Waals surface area contributed by atoms with E-state index >= 15 is 0 Å². The molecule has 1 aliphatic carbocycles. The highest BCUT2D eigenvalue weighted by molar-refractivity contribution is 6.22. The summed E-state index contributed by atoms with van der Waals surface area (Å²) < 4.78 is 0. The Morgan fingerprint density at radius 2 is 2.00 bits per heavy atom. The summed E-state index contributed by atoms with van der Waals surface area (Å²) in [4.78, 5) is 24.3. The number of ketones is 2. The SMILES string of the molecule is CC[C@@H](C)C1=CC(=O)[C@@](C)(CC)C(=O)C1=CO. The monoisotopic (exact) mass is 236 g/mol. The van der Waals surface area contributed by atoms with Gasteiger partial charge in [-0.25, -0.2) is 0 Å². The van der Waals surface area contributed by atoms with Gasteiger partial charge >= 0.3 is 0 Å². The summed E-state index contributed by atoms with van der Waals surface area (Å²) >= 11 is 0. The first-order valence-corrected chi connectivity index (χ1v) is 6.07. The van der Waals surface area contributed by atoms with E-state index in [0.717, 1.165) is 12.7 Å². The molecule has 0 aliphatic heterocycles. The maximum Gasteiger partial charge on any atom is 0.179 e. The molecule has 0 saturated heterocycles. The number of aliphatic hydroxyl groups excluding tert-OH is 1. The third-order valence-electron chi connectivity index (χ3n) is 3.87. The molecule has 0 saturated carbocycles. The zero-order valence-corrected chi connectivity index (χ0v) is 10.9. The van der Waals surface area contributed by atoms with Crippen LogP contribution in [0.2, 0.25) is 0 Å². The van der Waals surface area contributed by atoms with E-state index < -0.39 is 5.41 Å². The van der Waals surface area contributed by atoms with Crippen molar-refractivity contribution in [3.8, 4) is 0 Å². The van der Waals surface area contributed by atoms with Gasteiger partial charge in [0.25, 0.3) is 0 Å². The number of Topliss-reactive ketones (excluding diaryl/α,β-unsaturated/α-hetero) is 1. The average molecular weight is 236 g/mol. The summed E-state index contributed by atoms with van der Waals surface area (Å²) in [5.74, 6) is -0.307. The fourth-order valence-electron chi connectivity index (χ4n) is 2.01. The molecule has 3 heteroatoms. The van der Waals surface area contributed by atoms with Crippen molar-refractivity contribution in [2.75, 3.05) is 0 Å². The standard InChI is InChI=1S/C14H20O3/c1-5-9(3)10-7-12(16)14(4,6-2)13(17)11(10)8-15/h7-9,15H,5-6H2,1-4H3/t9-,14-/m1/s1. The van der Waals surface area contributed by atoms with Crippen LogP contribution in [0.4, 0.5) is 0 Å². The van der Waals surface area contributed by atoms with Gasteiger partial charge in [0.05, 0.1) is 17.3 Å². The van der Waals surface area contributed by atoms with Crippen molar-refractivity contribution in [1.29, 1.82) is 0 Å². The lowest BCUT2D eigenvalue weighted by Crippen LogP contribution is -2.40. The van der Waals surface area contributed by atoms with Gasteiger partial charge in [0.2, 0.25) is 0 Å². The van der Waals surface area contributed by atoms with Crippen LogP contribution < -0.4 is 0 Å². The molecule has 3 nitrogen and oxygen atoms in total. The van der Waals surface area contributed by atoms with Gasteiger partial charge in [0, 0.05) is 0 Å². The number of aliphatic hydroxyl groups is 1. The van der Waals surface area contributed by atoms with E-state index in [1.54, 1.807) is 6.92 Å². The Balaban J connectivity index is 3.33. The molecule has 0 bridgehead atoms. The van der Waals surface area contributed by atoms with E-state index in [2.05, 4.69) is 0 Å². The van der Waals surface area contributed by atoms with E-state index in [9.17, 15) is 14.7 Å². The molecule has 0 aromatic heterocycles. The second-order valence-electron chi connectivity index (χ2n) is 4.83. The predicted molar refractivity (Wildman–Crippen MR) is 66.7 cm³/mol. The first-order valence-electron chi connectivity index (χ1n) is 6.07. The number of rotatable bonds is 3. The second-order valence-corrected chi connectivity index (χ2v) is 4.83. The highest BCUT2D eigenvalue weighted by Gasteiger charge is 2.44. The Bertz CT molecular complexity index is 404. The predicted octanol–water partition coefficient (Wildman–Crippen LogP) is 2.97. The Morgan fingerprint density at radius 1 is 1.41 bits per heavy atom. The Morgan fingerprint density at radius 3 is 2.41 bits per heavy atom. The van der Waals surface area contributed by atoms with Gasteiger partial charge in [-0.05, 0) is 37.3 Å². The molecular weight excluding hydrogens is 216 g/mol. The molecule has 0 aromatic rings. The van der Waals surface area contributed by atoms with Crippen LogP contribution >= 0.6 is 0 Å². The van der Waals surface area contributed by atoms with Gasteiger partial charge < -0.3 is 5.11 Å². The number of allylic oxidation sites excluding steroid dienone is 3. The molecule has 17 heavy (non-hydrogen) atoms. The minimum atomic E-state index is -1.01. The van der Waals surface area contributed by atoms with Gasteiger partial charge in [-0.2, -0.15) is 0 Å². The maximum absolute atomic E-state index is 12.3. The highest BCUT2D eigenvalue weighted by atomic mass is 16.2. The van der Waals surface area contributed by atoms with E-state index in [4.69, 9.17) is 0 Å². The Kier molecular flexibility index (Phi) is 3.91. The highest BCUT2D eigenvalue weighted by Crippen LogP contribution is 2.38. The number of carbonyl (C=O) groups excluding carboxylic acids is 2. The van der Waals surface area contributed by atoms with Crippen molar-refractivity contribution < 1.29 is 14.7 Å². The lowest BCUT2D eigenvalue weighted by atomic mass is 9.68. The van der Waals surface area contributed by atoms with Crippen molar-refractivity contribution in [2.45, 2.75) is 40.5 Å². The molecular formula is C14H20O3. The minimum absolute atomic E-state index is 0.0997. The number of carbonyl (C=O) groups is 2. The van der Waals surface area contributed by atoms with Gasteiger partial charge in [-0.3, -0.25) is 9.59 Å². The summed E-state index contributed by atoms with van der Waals surface area (Å²) in [5, 5.41) is 9.26. The normalized spacial score (nSPS) is 29.4.